The van der Waals surface area contributed by atoms with Gasteiger partial charge in [-0.3, -0.25) is 4.99 Å². The molecule has 0 amide bonds. The van der Waals surface area contributed by atoms with Crippen molar-refractivity contribution in [2.75, 3.05) is 38.2 Å². The summed E-state index contributed by atoms with van der Waals surface area (Å²) in [6.45, 7) is 4.70. The van der Waals surface area contributed by atoms with Crippen molar-refractivity contribution < 1.29 is 4.74 Å². The second-order valence-electron chi connectivity index (χ2n) is 7.91. The number of nitrogens with zero attached hydrogens (tertiary/aromatic N) is 3. The normalized spacial score (nSPS) is 18.9. The third kappa shape index (κ3) is 6.97. The molecule has 1 saturated heterocycles. The molecule has 28 heavy (non-hydrogen) atoms. The van der Waals surface area contributed by atoms with Crippen LogP contribution in [0.3, 0.4) is 0 Å². The van der Waals surface area contributed by atoms with Crippen LogP contribution in [-0.2, 0) is 11.3 Å². The zero-order chi connectivity index (χ0) is 19.4. The van der Waals surface area contributed by atoms with Crippen LogP contribution in [0.25, 0.3) is 0 Å². The van der Waals surface area contributed by atoms with Crippen LogP contribution in [0.15, 0.2) is 23.3 Å². The van der Waals surface area contributed by atoms with Gasteiger partial charge in [-0.05, 0) is 56.2 Å². The molecule has 0 spiro atoms. The van der Waals surface area contributed by atoms with Gasteiger partial charge in [-0.1, -0.05) is 19.3 Å². The van der Waals surface area contributed by atoms with Gasteiger partial charge in [0, 0.05) is 46.0 Å². The molecule has 1 saturated carbocycles. The molecular weight excluding hydrogens is 350 g/mol. The van der Waals surface area contributed by atoms with Gasteiger partial charge in [0.2, 0.25) is 0 Å². The van der Waals surface area contributed by atoms with Crippen molar-refractivity contribution in [3.05, 3.63) is 23.9 Å². The molecular formula is C22H37N5O. The molecule has 6 heteroatoms. The molecule has 6 nitrogen and oxygen atoms in total. The Labute approximate surface area is 170 Å². The molecule has 3 rings (SSSR count). The second-order valence-corrected chi connectivity index (χ2v) is 7.91. The fourth-order valence-corrected chi connectivity index (χ4v) is 4.03. The lowest BCUT2D eigenvalue weighted by molar-refractivity contribution is 0.0277. The van der Waals surface area contributed by atoms with Crippen LogP contribution in [0, 0.1) is 0 Å². The summed E-state index contributed by atoms with van der Waals surface area (Å²) in [6.07, 6.45) is 13.8. The lowest BCUT2D eigenvalue weighted by atomic mass is 9.98. The molecule has 0 radical (unpaired) electrons. The van der Waals surface area contributed by atoms with Crippen LogP contribution in [0.5, 0.6) is 0 Å². The van der Waals surface area contributed by atoms with Crippen molar-refractivity contribution in [2.24, 2.45) is 4.99 Å². The van der Waals surface area contributed by atoms with Crippen molar-refractivity contribution >= 4 is 11.8 Å². The van der Waals surface area contributed by atoms with Crippen LogP contribution in [-0.4, -0.2) is 50.3 Å². The SMILES string of the molecule is CN=C(NCCCOC1CCCCC1)NCc1ccnc(N2CCCCC2)c1. The number of hydrogen-bond acceptors (Lipinski definition) is 4. The maximum atomic E-state index is 5.99. The van der Waals surface area contributed by atoms with Gasteiger partial charge < -0.3 is 20.3 Å². The Morgan fingerprint density at radius 1 is 1.14 bits per heavy atom. The summed E-state index contributed by atoms with van der Waals surface area (Å²) in [5, 5.41) is 6.80. The van der Waals surface area contributed by atoms with Crippen molar-refractivity contribution in [3.63, 3.8) is 0 Å². The van der Waals surface area contributed by atoms with Gasteiger partial charge in [0.25, 0.3) is 0 Å². The highest BCUT2D eigenvalue weighted by Gasteiger charge is 2.13. The summed E-state index contributed by atoms with van der Waals surface area (Å²) in [5.41, 5.74) is 1.24. The van der Waals surface area contributed by atoms with E-state index in [0.29, 0.717) is 6.10 Å². The van der Waals surface area contributed by atoms with Crippen molar-refractivity contribution in [1.82, 2.24) is 15.6 Å². The summed E-state index contributed by atoms with van der Waals surface area (Å²) >= 11 is 0. The molecule has 1 aromatic rings. The van der Waals surface area contributed by atoms with Crippen LogP contribution in [0.2, 0.25) is 0 Å². The van der Waals surface area contributed by atoms with E-state index in [-0.39, 0.29) is 0 Å². The molecule has 2 aliphatic rings. The van der Waals surface area contributed by atoms with E-state index < -0.39 is 0 Å². The standard InChI is InChI=1S/C22H37N5O/c1-23-22(25-12-8-16-28-20-9-4-2-5-10-20)26-18-19-11-13-24-21(17-19)27-14-6-3-7-15-27/h11,13,17,20H,2-10,12,14-16,18H2,1H3,(H2,23,25,26). The predicted octanol–water partition coefficient (Wildman–Crippen LogP) is 3.48. The minimum absolute atomic E-state index is 0.493. The van der Waals surface area contributed by atoms with Crippen LogP contribution in [0.4, 0.5) is 5.82 Å². The number of aromatic nitrogens is 1. The third-order valence-electron chi connectivity index (χ3n) is 5.69. The smallest absolute Gasteiger partial charge is 0.191 e. The van der Waals surface area contributed by atoms with Gasteiger partial charge in [-0.25, -0.2) is 4.98 Å². The molecule has 0 aromatic carbocycles. The topological polar surface area (TPSA) is 61.8 Å². The van der Waals surface area contributed by atoms with Crippen LogP contribution in [0.1, 0.15) is 63.4 Å². The zero-order valence-corrected chi connectivity index (χ0v) is 17.5. The van der Waals surface area contributed by atoms with E-state index in [1.54, 1.807) is 0 Å². The lowest BCUT2D eigenvalue weighted by Crippen LogP contribution is -2.37. The van der Waals surface area contributed by atoms with E-state index >= 15 is 0 Å². The van der Waals surface area contributed by atoms with Gasteiger partial charge in [0.15, 0.2) is 5.96 Å². The number of anilines is 1. The monoisotopic (exact) mass is 387 g/mol. The van der Waals surface area contributed by atoms with Gasteiger partial charge >= 0.3 is 0 Å². The summed E-state index contributed by atoms with van der Waals surface area (Å²) in [6, 6.07) is 4.27. The number of hydrogen-bond donors (Lipinski definition) is 2. The van der Waals surface area contributed by atoms with Crippen LogP contribution < -0.4 is 15.5 Å². The van der Waals surface area contributed by atoms with Gasteiger partial charge in [-0.2, -0.15) is 0 Å². The summed E-state index contributed by atoms with van der Waals surface area (Å²) in [4.78, 5) is 11.3. The maximum Gasteiger partial charge on any atom is 0.191 e. The Balaban J connectivity index is 1.34. The molecule has 2 heterocycles. The number of guanidine groups is 1. The molecule has 1 aliphatic carbocycles. The quantitative estimate of drug-likeness (QED) is 0.406. The first kappa shape index (κ1) is 20.9. The van der Waals surface area contributed by atoms with E-state index in [1.807, 2.05) is 13.2 Å². The fourth-order valence-electron chi connectivity index (χ4n) is 4.03. The molecule has 1 aliphatic heterocycles. The number of aliphatic imine (C=N–C) groups is 1. The number of pyridine rings is 1. The summed E-state index contributed by atoms with van der Waals surface area (Å²) < 4.78 is 5.99. The molecule has 2 N–H and O–H groups in total. The maximum absolute atomic E-state index is 5.99. The minimum Gasteiger partial charge on any atom is -0.378 e. The van der Waals surface area contributed by atoms with Crippen molar-refractivity contribution in [1.29, 1.82) is 0 Å². The number of ether oxygens (including phenoxy) is 1. The van der Waals surface area contributed by atoms with Gasteiger partial charge in [0.1, 0.15) is 5.82 Å². The second kappa shape index (κ2) is 11.9. The van der Waals surface area contributed by atoms with Gasteiger partial charge in [-0.15, -0.1) is 0 Å². The Hall–Kier alpha value is -1.82. The first-order chi connectivity index (χ1) is 13.8. The Morgan fingerprint density at radius 3 is 2.71 bits per heavy atom. The van der Waals surface area contributed by atoms with Gasteiger partial charge in [0.05, 0.1) is 6.10 Å². The predicted molar refractivity (Wildman–Crippen MR) is 116 cm³/mol. The summed E-state index contributed by atoms with van der Waals surface area (Å²) in [7, 11) is 1.82. The number of nitrogens with one attached hydrogen (secondary N) is 2. The average molecular weight is 388 g/mol. The molecule has 0 atom stereocenters. The van der Waals surface area contributed by atoms with E-state index in [0.717, 1.165) is 51.0 Å². The van der Waals surface area contributed by atoms with Crippen molar-refractivity contribution in [2.45, 2.75) is 70.4 Å². The fraction of sp³-hybridized carbons (Fsp3) is 0.727. The van der Waals surface area contributed by atoms with E-state index in [4.69, 9.17) is 4.74 Å². The number of rotatable bonds is 8. The highest BCUT2D eigenvalue weighted by Crippen LogP contribution is 2.20. The molecule has 2 fully saturated rings. The summed E-state index contributed by atoms with van der Waals surface area (Å²) in [5.74, 6) is 1.94. The Morgan fingerprint density at radius 2 is 1.93 bits per heavy atom. The van der Waals surface area contributed by atoms with Crippen LogP contribution >= 0.6 is 0 Å². The largest absolute Gasteiger partial charge is 0.378 e. The highest BCUT2D eigenvalue weighted by molar-refractivity contribution is 5.79. The van der Waals surface area contributed by atoms with Crippen molar-refractivity contribution in [3.8, 4) is 0 Å². The highest BCUT2D eigenvalue weighted by atomic mass is 16.5. The Kier molecular flexibility index (Phi) is 8.88. The first-order valence-electron chi connectivity index (χ1n) is 11.1. The minimum atomic E-state index is 0.493. The van der Waals surface area contributed by atoms with E-state index in [1.165, 1.54) is 56.9 Å². The van der Waals surface area contributed by atoms with E-state index in [2.05, 4.69) is 37.6 Å². The van der Waals surface area contributed by atoms with E-state index in [9.17, 15) is 0 Å². The Bertz CT molecular complexity index is 594. The number of piperidine rings is 1. The molecule has 0 unspecified atom stereocenters. The third-order valence-corrected chi connectivity index (χ3v) is 5.69. The molecule has 0 bridgehead atoms. The lowest BCUT2D eigenvalue weighted by Gasteiger charge is -2.28. The molecule has 156 valence electrons. The zero-order valence-electron chi connectivity index (χ0n) is 17.5. The average Bonchev–Trinajstić information content (AvgIpc) is 2.77. The first-order valence-corrected chi connectivity index (χ1v) is 11.1. The molecule has 1 aromatic heterocycles.